The Morgan fingerprint density at radius 1 is 1.23 bits per heavy atom. The van der Waals surface area contributed by atoms with Gasteiger partial charge in [-0.3, -0.25) is 0 Å². The van der Waals surface area contributed by atoms with E-state index in [0.29, 0.717) is 11.3 Å². The van der Waals surface area contributed by atoms with E-state index in [1.165, 1.54) is 24.3 Å². The summed E-state index contributed by atoms with van der Waals surface area (Å²) in [7, 11) is 0. The Balaban J connectivity index is 1.65. The number of nitrogens with zero attached hydrogens (tertiary/aromatic N) is 2. The summed E-state index contributed by atoms with van der Waals surface area (Å²) in [6, 6.07) is 11.2. The zero-order valence-corrected chi connectivity index (χ0v) is 14.5. The first-order valence-electron chi connectivity index (χ1n) is 8.14. The van der Waals surface area contributed by atoms with Crippen LogP contribution in [0.5, 0.6) is 5.75 Å². The smallest absolute Gasteiger partial charge is 0.437 e. The van der Waals surface area contributed by atoms with Gasteiger partial charge in [0.15, 0.2) is 0 Å². The van der Waals surface area contributed by atoms with Crippen LogP contribution in [0.2, 0.25) is 0 Å². The predicted octanol–water partition coefficient (Wildman–Crippen LogP) is 2.70. The number of rotatable bonds is 6. The molecule has 0 fully saturated rings. The molecule has 0 saturated carbocycles. The van der Waals surface area contributed by atoms with Gasteiger partial charge in [-0.25, -0.2) is 9.18 Å². The predicted molar refractivity (Wildman–Crippen MR) is 93.6 cm³/mol. The Morgan fingerprint density at radius 3 is 2.65 bits per heavy atom. The van der Waals surface area contributed by atoms with Crippen LogP contribution in [0.15, 0.2) is 51.7 Å². The molecule has 136 valence electrons. The van der Waals surface area contributed by atoms with Crippen molar-refractivity contribution in [1.29, 1.82) is 0 Å². The molecule has 6 nitrogen and oxygen atoms in total. The Hall–Kier alpha value is -2.93. The van der Waals surface area contributed by atoms with Crippen LogP contribution >= 0.6 is 0 Å². The molecular formula is C19H19FN2O4. The Morgan fingerprint density at radius 2 is 1.96 bits per heavy atom. The summed E-state index contributed by atoms with van der Waals surface area (Å²) in [4.78, 5) is 11.9. The molecule has 26 heavy (non-hydrogen) atoms. The third-order valence-corrected chi connectivity index (χ3v) is 3.84. The van der Waals surface area contributed by atoms with Gasteiger partial charge >= 0.3 is 5.76 Å². The number of ether oxygens (including phenoxy) is 1. The fraction of sp³-hybridized carbons (Fsp3) is 0.263. The summed E-state index contributed by atoms with van der Waals surface area (Å²) in [5, 5.41) is 14.2. The van der Waals surface area contributed by atoms with E-state index in [9.17, 15) is 14.3 Å². The summed E-state index contributed by atoms with van der Waals surface area (Å²) in [6.45, 7) is 3.84. The van der Waals surface area contributed by atoms with Crippen molar-refractivity contribution in [2.75, 3.05) is 6.61 Å². The second-order valence-corrected chi connectivity index (χ2v) is 6.10. The van der Waals surface area contributed by atoms with Crippen molar-refractivity contribution in [2.45, 2.75) is 26.5 Å². The van der Waals surface area contributed by atoms with Crippen LogP contribution in [0.25, 0.3) is 11.5 Å². The molecule has 0 amide bonds. The molecule has 1 aromatic heterocycles. The maximum Gasteiger partial charge on any atom is 0.437 e. The quantitative estimate of drug-likeness (QED) is 0.733. The minimum Gasteiger partial charge on any atom is -0.491 e. The van der Waals surface area contributed by atoms with E-state index < -0.39 is 17.7 Å². The maximum absolute atomic E-state index is 13.0. The Kier molecular flexibility index (Phi) is 5.18. The molecule has 1 N–H and O–H groups in total. The van der Waals surface area contributed by atoms with E-state index in [-0.39, 0.29) is 19.0 Å². The fourth-order valence-corrected chi connectivity index (χ4v) is 2.53. The van der Waals surface area contributed by atoms with Crippen molar-refractivity contribution in [3.63, 3.8) is 0 Å². The SMILES string of the molecule is Cc1ccc(OCC(O)Cn2nc(-c3ccc(F)cc3)oc2=O)c(C)c1. The van der Waals surface area contributed by atoms with Crippen LogP contribution in [-0.4, -0.2) is 27.6 Å². The summed E-state index contributed by atoms with van der Waals surface area (Å²) >= 11 is 0. The number of aryl methyl sites for hydroxylation is 2. The standard InChI is InChI=1S/C19H19FN2O4/c1-12-3-8-17(13(2)9-12)25-11-16(23)10-22-19(24)26-18(21-22)14-4-6-15(20)7-5-14/h3-9,16,23H,10-11H2,1-2H3. The van der Waals surface area contributed by atoms with Gasteiger partial charge in [0.1, 0.15) is 24.3 Å². The molecular weight excluding hydrogens is 339 g/mol. The van der Waals surface area contributed by atoms with Crippen LogP contribution in [0.3, 0.4) is 0 Å². The van der Waals surface area contributed by atoms with Gasteiger partial charge in [-0.1, -0.05) is 17.7 Å². The number of aromatic nitrogens is 2. The highest BCUT2D eigenvalue weighted by Gasteiger charge is 2.15. The molecule has 0 spiro atoms. The van der Waals surface area contributed by atoms with E-state index in [1.54, 1.807) is 0 Å². The second kappa shape index (κ2) is 7.53. The van der Waals surface area contributed by atoms with Gasteiger partial charge in [0.2, 0.25) is 5.89 Å². The monoisotopic (exact) mass is 358 g/mol. The summed E-state index contributed by atoms with van der Waals surface area (Å²) < 4.78 is 24.7. The molecule has 3 aromatic rings. The van der Waals surface area contributed by atoms with E-state index in [4.69, 9.17) is 9.15 Å². The minimum atomic E-state index is -0.945. The van der Waals surface area contributed by atoms with Crippen molar-refractivity contribution in [2.24, 2.45) is 0 Å². The molecule has 1 atom stereocenters. The minimum absolute atomic E-state index is 0.00901. The molecule has 0 aliphatic heterocycles. The van der Waals surface area contributed by atoms with Crippen LogP contribution in [0.4, 0.5) is 4.39 Å². The summed E-state index contributed by atoms with van der Waals surface area (Å²) in [5.41, 5.74) is 2.57. The van der Waals surface area contributed by atoms with Gasteiger partial charge in [-0.2, -0.15) is 4.68 Å². The number of aliphatic hydroxyl groups is 1. The molecule has 2 aromatic carbocycles. The zero-order valence-electron chi connectivity index (χ0n) is 14.5. The number of hydrogen-bond donors (Lipinski definition) is 1. The zero-order chi connectivity index (χ0) is 18.7. The Labute approximate surface area is 149 Å². The molecule has 1 unspecified atom stereocenters. The third kappa shape index (κ3) is 4.18. The number of hydrogen-bond acceptors (Lipinski definition) is 5. The van der Waals surface area contributed by atoms with Crippen LogP contribution in [0, 0.1) is 19.7 Å². The van der Waals surface area contributed by atoms with Gasteiger partial charge < -0.3 is 14.3 Å². The molecule has 3 rings (SSSR count). The number of aliphatic hydroxyl groups excluding tert-OH is 1. The lowest BCUT2D eigenvalue weighted by Crippen LogP contribution is -2.29. The van der Waals surface area contributed by atoms with Crippen LogP contribution in [-0.2, 0) is 6.54 Å². The van der Waals surface area contributed by atoms with Crippen molar-refractivity contribution in [3.8, 4) is 17.2 Å². The van der Waals surface area contributed by atoms with Crippen LogP contribution in [0.1, 0.15) is 11.1 Å². The first-order valence-corrected chi connectivity index (χ1v) is 8.14. The van der Waals surface area contributed by atoms with E-state index in [2.05, 4.69) is 5.10 Å². The highest BCUT2D eigenvalue weighted by atomic mass is 19.1. The topological polar surface area (TPSA) is 77.5 Å². The van der Waals surface area contributed by atoms with Crippen molar-refractivity contribution in [1.82, 2.24) is 9.78 Å². The van der Waals surface area contributed by atoms with Gasteiger partial charge in [0.25, 0.3) is 0 Å². The lowest BCUT2D eigenvalue weighted by molar-refractivity contribution is 0.0872. The second-order valence-electron chi connectivity index (χ2n) is 6.10. The lowest BCUT2D eigenvalue weighted by atomic mass is 10.1. The molecule has 0 aliphatic rings. The first-order chi connectivity index (χ1) is 12.4. The maximum atomic E-state index is 13.0. The van der Waals surface area contributed by atoms with E-state index in [0.717, 1.165) is 15.8 Å². The Bertz CT molecular complexity index is 947. The molecule has 0 bridgehead atoms. The number of benzene rings is 2. The van der Waals surface area contributed by atoms with Gasteiger partial charge in [-0.15, -0.1) is 5.10 Å². The fourth-order valence-electron chi connectivity index (χ4n) is 2.53. The lowest BCUT2D eigenvalue weighted by Gasteiger charge is -2.13. The normalized spacial score (nSPS) is 12.2. The largest absolute Gasteiger partial charge is 0.491 e. The van der Waals surface area contributed by atoms with Crippen molar-refractivity contribution < 1.29 is 18.7 Å². The molecule has 0 saturated heterocycles. The van der Waals surface area contributed by atoms with Crippen molar-refractivity contribution in [3.05, 3.63) is 70.0 Å². The molecule has 0 radical (unpaired) electrons. The molecule has 1 heterocycles. The number of halogens is 1. The third-order valence-electron chi connectivity index (χ3n) is 3.84. The molecule has 7 heteroatoms. The van der Waals surface area contributed by atoms with Gasteiger partial charge in [-0.05, 0) is 49.7 Å². The molecule has 0 aliphatic carbocycles. The highest BCUT2D eigenvalue weighted by molar-refractivity contribution is 5.51. The first kappa shape index (κ1) is 17.9. The van der Waals surface area contributed by atoms with Crippen LogP contribution < -0.4 is 10.5 Å². The van der Waals surface area contributed by atoms with E-state index >= 15 is 0 Å². The summed E-state index contributed by atoms with van der Waals surface area (Å²) in [6.07, 6.45) is -0.945. The average Bonchev–Trinajstić information content (AvgIpc) is 2.95. The van der Waals surface area contributed by atoms with Gasteiger partial charge in [0, 0.05) is 5.56 Å². The average molecular weight is 358 g/mol. The van der Waals surface area contributed by atoms with Crippen molar-refractivity contribution >= 4 is 0 Å². The summed E-state index contributed by atoms with van der Waals surface area (Å²) in [5.74, 6) is -0.351. The van der Waals surface area contributed by atoms with E-state index in [1.807, 2.05) is 32.0 Å². The highest BCUT2D eigenvalue weighted by Crippen LogP contribution is 2.19. The van der Waals surface area contributed by atoms with Gasteiger partial charge in [0.05, 0.1) is 6.54 Å².